The molecule has 0 amide bonds. The number of rotatable bonds is 5. The minimum Gasteiger partial charge on any atom is -0.382 e. The molecule has 0 aliphatic carbocycles. The molecule has 25 heavy (non-hydrogen) atoms. The summed E-state index contributed by atoms with van der Waals surface area (Å²) < 4.78 is 13.9. The van der Waals surface area contributed by atoms with Gasteiger partial charge in [0.1, 0.15) is 11.8 Å². The Kier molecular flexibility index (Phi) is 4.29. The summed E-state index contributed by atoms with van der Waals surface area (Å²) in [6.45, 7) is 1.90. The van der Waals surface area contributed by atoms with Gasteiger partial charge in [-0.05, 0) is 18.6 Å². The van der Waals surface area contributed by atoms with E-state index in [2.05, 4.69) is 15.0 Å². The number of aromatic nitrogens is 4. The summed E-state index contributed by atoms with van der Waals surface area (Å²) in [5, 5.41) is 0.694. The van der Waals surface area contributed by atoms with Crippen LogP contribution in [-0.4, -0.2) is 32.7 Å². The zero-order valence-electron chi connectivity index (χ0n) is 13.6. The maximum absolute atomic E-state index is 5.99. The third-order valence-electron chi connectivity index (χ3n) is 4.37. The maximum Gasteiger partial charge on any atom is 0.195 e. The van der Waals surface area contributed by atoms with Gasteiger partial charge in [0.15, 0.2) is 17.3 Å². The van der Waals surface area contributed by atoms with Crippen molar-refractivity contribution in [2.45, 2.75) is 25.2 Å². The number of nitrogens with two attached hydrogens (primary N) is 1. The number of benzene rings is 1. The molecular weight excluding hydrogens is 342 g/mol. The van der Waals surface area contributed by atoms with E-state index in [4.69, 9.17) is 26.8 Å². The highest BCUT2D eigenvalue weighted by molar-refractivity contribution is 6.30. The van der Waals surface area contributed by atoms with Crippen molar-refractivity contribution in [3.63, 3.8) is 0 Å². The Morgan fingerprint density at radius 1 is 1.12 bits per heavy atom. The molecule has 1 aliphatic heterocycles. The van der Waals surface area contributed by atoms with Gasteiger partial charge < -0.3 is 19.8 Å². The van der Waals surface area contributed by atoms with Crippen LogP contribution in [0.3, 0.4) is 0 Å². The molecule has 4 rings (SSSR count). The monoisotopic (exact) mass is 359 g/mol. The van der Waals surface area contributed by atoms with Crippen LogP contribution in [0.5, 0.6) is 0 Å². The summed E-state index contributed by atoms with van der Waals surface area (Å²) in [4.78, 5) is 12.5. The van der Waals surface area contributed by atoms with Gasteiger partial charge in [-0.15, -0.1) is 0 Å². The van der Waals surface area contributed by atoms with E-state index in [0.29, 0.717) is 29.6 Å². The Balaban J connectivity index is 1.50. The number of nitrogens with zero attached hydrogens (tertiary/aromatic N) is 4. The molecule has 1 fully saturated rings. The number of nitrogen functional groups attached to an aromatic ring is 1. The molecule has 2 aromatic heterocycles. The lowest BCUT2D eigenvalue weighted by Gasteiger charge is -2.28. The van der Waals surface area contributed by atoms with Crippen LogP contribution in [0.4, 0.5) is 5.82 Å². The average Bonchev–Trinajstić information content (AvgIpc) is 3.25. The number of hydrogen-bond donors (Lipinski definition) is 1. The zero-order valence-corrected chi connectivity index (χ0v) is 14.3. The molecule has 0 saturated carbocycles. The number of ether oxygens (including phenoxy) is 2. The van der Waals surface area contributed by atoms with Crippen LogP contribution >= 0.6 is 11.6 Å². The van der Waals surface area contributed by atoms with Crippen molar-refractivity contribution in [1.29, 1.82) is 0 Å². The van der Waals surface area contributed by atoms with Crippen molar-refractivity contribution in [2.75, 3.05) is 18.9 Å². The summed E-state index contributed by atoms with van der Waals surface area (Å²) in [5.41, 5.74) is 8.18. The molecule has 1 aromatic carbocycles. The molecule has 0 radical (unpaired) electrons. The number of halogens is 1. The fourth-order valence-corrected chi connectivity index (χ4v) is 3.28. The molecular formula is C17H18ClN5O2. The van der Waals surface area contributed by atoms with Crippen LogP contribution in [0.25, 0.3) is 11.2 Å². The fraction of sp³-hybridized carbons (Fsp3) is 0.353. The number of fused-ring (bicyclic) bond motifs is 1. The van der Waals surface area contributed by atoms with Crippen LogP contribution in [-0.2, 0) is 21.8 Å². The Labute approximate surface area is 149 Å². The molecule has 0 atom stereocenters. The molecule has 2 N–H and O–H groups in total. The molecule has 3 aromatic rings. The zero-order chi connectivity index (χ0) is 17.3. The van der Waals surface area contributed by atoms with Crippen molar-refractivity contribution in [3.05, 3.63) is 47.5 Å². The topological polar surface area (TPSA) is 88.1 Å². The van der Waals surface area contributed by atoms with E-state index in [-0.39, 0.29) is 0 Å². The molecule has 1 saturated heterocycles. The number of imidazole rings is 1. The standard InChI is InChI=1S/C17H18ClN5O2/c18-13-4-2-12(3-5-13)17(24-8-9-25-17)6-1-7-23-11-22-14-15(19)20-10-21-16(14)23/h2-5,10-11H,1,6-9H2,(H2,19,20,21). The second kappa shape index (κ2) is 6.59. The van der Waals surface area contributed by atoms with Gasteiger partial charge >= 0.3 is 0 Å². The first-order chi connectivity index (χ1) is 12.2. The van der Waals surface area contributed by atoms with E-state index in [0.717, 1.165) is 30.6 Å². The lowest BCUT2D eigenvalue weighted by molar-refractivity contribution is -0.171. The second-order valence-corrected chi connectivity index (χ2v) is 6.37. The van der Waals surface area contributed by atoms with Crippen LogP contribution in [0.2, 0.25) is 5.02 Å². The van der Waals surface area contributed by atoms with Crippen molar-refractivity contribution >= 4 is 28.6 Å². The first-order valence-corrected chi connectivity index (χ1v) is 8.51. The summed E-state index contributed by atoms with van der Waals surface area (Å²) in [6.07, 6.45) is 4.74. The van der Waals surface area contributed by atoms with Crippen LogP contribution < -0.4 is 5.73 Å². The first-order valence-electron chi connectivity index (χ1n) is 8.13. The Morgan fingerprint density at radius 2 is 1.88 bits per heavy atom. The van der Waals surface area contributed by atoms with Gasteiger partial charge in [-0.1, -0.05) is 23.7 Å². The highest BCUT2D eigenvalue weighted by Crippen LogP contribution is 2.36. The van der Waals surface area contributed by atoms with Crippen molar-refractivity contribution in [3.8, 4) is 0 Å². The molecule has 1 aliphatic rings. The summed E-state index contributed by atoms with van der Waals surface area (Å²) in [7, 11) is 0. The first kappa shape index (κ1) is 16.3. The summed E-state index contributed by atoms with van der Waals surface area (Å²) in [5.74, 6) is -0.321. The number of anilines is 1. The van der Waals surface area contributed by atoms with E-state index in [1.807, 2.05) is 28.8 Å². The molecule has 0 spiro atoms. The number of hydrogen-bond acceptors (Lipinski definition) is 6. The lowest BCUT2D eigenvalue weighted by atomic mass is 10.0. The normalized spacial score (nSPS) is 16.5. The molecule has 130 valence electrons. The highest BCUT2D eigenvalue weighted by Gasteiger charge is 2.37. The van der Waals surface area contributed by atoms with Crippen molar-refractivity contribution in [2.24, 2.45) is 0 Å². The average molecular weight is 360 g/mol. The summed E-state index contributed by atoms with van der Waals surface area (Å²) in [6, 6.07) is 7.61. The summed E-state index contributed by atoms with van der Waals surface area (Å²) >= 11 is 5.99. The van der Waals surface area contributed by atoms with Gasteiger partial charge in [0.25, 0.3) is 0 Å². The van der Waals surface area contributed by atoms with E-state index >= 15 is 0 Å². The van der Waals surface area contributed by atoms with Gasteiger partial charge in [0.05, 0.1) is 19.5 Å². The maximum atomic E-state index is 5.99. The van der Waals surface area contributed by atoms with E-state index in [1.54, 1.807) is 6.33 Å². The lowest BCUT2D eigenvalue weighted by Crippen LogP contribution is -2.27. The largest absolute Gasteiger partial charge is 0.382 e. The molecule has 3 heterocycles. The van der Waals surface area contributed by atoms with Gasteiger partial charge in [-0.3, -0.25) is 0 Å². The van der Waals surface area contributed by atoms with Crippen molar-refractivity contribution in [1.82, 2.24) is 19.5 Å². The molecule has 0 unspecified atom stereocenters. The minimum atomic E-state index is -0.713. The van der Waals surface area contributed by atoms with Gasteiger partial charge in [0, 0.05) is 23.6 Å². The molecule has 7 nitrogen and oxygen atoms in total. The molecule has 8 heteroatoms. The van der Waals surface area contributed by atoms with E-state index in [1.165, 1.54) is 6.33 Å². The quantitative estimate of drug-likeness (QED) is 0.753. The Morgan fingerprint density at radius 3 is 2.64 bits per heavy atom. The predicted molar refractivity (Wildman–Crippen MR) is 94.0 cm³/mol. The van der Waals surface area contributed by atoms with Gasteiger partial charge in [-0.2, -0.15) is 0 Å². The van der Waals surface area contributed by atoms with E-state index in [9.17, 15) is 0 Å². The van der Waals surface area contributed by atoms with Crippen LogP contribution in [0.1, 0.15) is 18.4 Å². The molecule has 0 bridgehead atoms. The highest BCUT2D eigenvalue weighted by atomic mass is 35.5. The fourth-order valence-electron chi connectivity index (χ4n) is 3.16. The Bertz CT molecular complexity index is 874. The van der Waals surface area contributed by atoms with Crippen molar-refractivity contribution < 1.29 is 9.47 Å². The predicted octanol–water partition coefficient (Wildman–Crippen LogP) is 2.74. The smallest absolute Gasteiger partial charge is 0.195 e. The Hall–Kier alpha value is -2.22. The van der Waals surface area contributed by atoms with Crippen LogP contribution in [0, 0.1) is 0 Å². The third kappa shape index (κ3) is 3.06. The minimum absolute atomic E-state index is 0.392. The number of aryl methyl sites for hydroxylation is 1. The van der Waals surface area contributed by atoms with Crippen LogP contribution in [0.15, 0.2) is 36.9 Å². The SMILES string of the molecule is Nc1ncnc2c1ncn2CCCC1(c2ccc(Cl)cc2)OCCO1. The third-order valence-corrected chi connectivity index (χ3v) is 4.62. The van der Waals surface area contributed by atoms with Gasteiger partial charge in [-0.25, -0.2) is 15.0 Å². The second-order valence-electron chi connectivity index (χ2n) is 5.93. The van der Waals surface area contributed by atoms with E-state index < -0.39 is 5.79 Å². The van der Waals surface area contributed by atoms with Gasteiger partial charge in [0.2, 0.25) is 0 Å².